The van der Waals surface area contributed by atoms with E-state index in [9.17, 15) is 0 Å². The normalized spacial score (nSPS) is 13.8. The number of benzene rings is 2. The van der Waals surface area contributed by atoms with Gasteiger partial charge in [0.15, 0.2) is 0 Å². The zero-order chi connectivity index (χ0) is 18.0. The van der Waals surface area contributed by atoms with Crippen LogP contribution >= 0.6 is 0 Å². The molecule has 3 rings (SSSR count). The second kappa shape index (κ2) is 6.89. The summed E-state index contributed by atoms with van der Waals surface area (Å²) in [6.45, 7) is 7.71. The molecule has 0 unspecified atom stereocenters. The van der Waals surface area contributed by atoms with Gasteiger partial charge in [0.05, 0.1) is 5.70 Å². The predicted molar refractivity (Wildman–Crippen MR) is 109 cm³/mol. The number of nitrogens with two attached hydrogens (primary N) is 1. The molecular weight excluding hydrogens is 306 g/mol. The van der Waals surface area contributed by atoms with Crippen LogP contribution in [0, 0.1) is 12.3 Å². The van der Waals surface area contributed by atoms with E-state index in [1.54, 1.807) is 6.92 Å². The van der Waals surface area contributed by atoms with Crippen LogP contribution in [0.1, 0.15) is 47.6 Å². The Kier molecular flexibility index (Phi) is 4.66. The van der Waals surface area contributed by atoms with Crippen LogP contribution in [0.4, 0.5) is 5.69 Å². The number of hydrogen-bond donors (Lipinski definition) is 2. The van der Waals surface area contributed by atoms with Crippen molar-refractivity contribution in [3.8, 4) is 0 Å². The Balaban J connectivity index is 2.16. The van der Waals surface area contributed by atoms with Crippen molar-refractivity contribution in [2.75, 3.05) is 5.73 Å². The molecule has 1 heterocycles. The monoisotopic (exact) mass is 329 g/mol. The Hall–Kier alpha value is -2.94. The van der Waals surface area contributed by atoms with E-state index in [0.29, 0.717) is 11.4 Å². The van der Waals surface area contributed by atoms with Crippen LogP contribution in [0.15, 0.2) is 48.0 Å². The predicted octanol–water partition coefficient (Wildman–Crippen LogP) is 5.34. The Bertz CT molecular complexity index is 917. The van der Waals surface area contributed by atoms with Gasteiger partial charge in [-0.2, -0.15) is 0 Å². The lowest BCUT2D eigenvalue weighted by Crippen LogP contribution is -2.03. The summed E-state index contributed by atoms with van der Waals surface area (Å²) in [4.78, 5) is 4.69. The van der Waals surface area contributed by atoms with Gasteiger partial charge in [-0.05, 0) is 67.2 Å². The minimum Gasteiger partial charge on any atom is -0.398 e. The van der Waals surface area contributed by atoms with E-state index in [0.717, 1.165) is 40.8 Å². The molecule has 1 aliphatic heterocycles. The molecule has 2 aromatic carbocycles. The van der Waals surface area contributed by atoms with Gasteiger partial charge in [0.2, 0.25) is 0 Å². The molecule has 3 nitrogen and oxygen atoms in total. The maximum absolute atomic E-state index is 7.94. The summed E-state index contributed by atoms with van der Waals surface area (Å²) in [5.74, 6) is 0. The van der Waals surface area contributed by atoms with Gasteiger partial charge in [0.25, 0.3) is 0 Å². The van der Waals surface area contributed by atoms with Crippen LogP contribution in [0.5, 0.6) is 0 Å². The second-order valence-corrected chi connectivity index (χ2v) is 6.38. The van der Waals surface area contributed by atoms with Gasteiger partial charge in [0, 0.05) is 28.7 Å². The third kappa shape index (κ3) is 3.31. The maximum Gasteiger partial charge on any atom is 0.0736 e. The number of allylic oxidation sites excluding steroid dienone is 1. The fraction of sp³-hybridized carbons (Fsp3) is 0.182. The quantitative estimate of drug-likeness (QED) is 0.577. The smallest absolute Gasteiger partial charge is 0.0736 e. The summed E-state index contributed by atoms with van der Waals surface area (Å²) in [5, 5.41) is 7.94. The van der Waals surface area contributed by atoms with Crippen LogP contribution < -0.4 is 5.73 Å². The van der Waals surface area contributed by atoms with Crippen molar-refractivity contribution in [1.82, 2.24) is 0 Å². The summed E-state index contributed by atoms with van der Waals surface area (Å²) >= 11 is 0. The van der Waals surface area contributed by atoms with E-state index >= 15 is 0 Å². The molecule has 0 amide bonds. The number of aliphatic imine (C=N–C) groups is 1. The van der Waals surface area contributed by atoms with Crippen LogP contribution in [0.3, 0.4) is 0 Å². The first-order chi connectivity index (χ1) is 12.0. The molecule has 126 valence electrons. The molecule has 0 aliphatic carbocycles. The molecule has 0 saturated heterocycles. The van der Waals surface area contributed by atoms with Gasteiger partial charge in [-0.3, -0.25) is 4.99 Å². The number of anilines is 1. The lowest BCUT2D eigenvalue weighted by molar-refractivity contribution is 1.11. The van der Waals surface area contributed by atoms with Crippen molar-refractivity contribution in [3.63, 3.8) is 0 Å². The highest BCUT2D eigenvalue weighted by Gasteiger charge is 2.16. The number of nitrogens with zero attached hydrogens (tertiary/aromatic N) is 1. The van der Waals surface area contributed by atoms with E-state index in [4.69, 9.17) is 16.1 Å². The molecular formula is C22H23N3. The molecule has 0 saturated carbocycles. The van der Waals surface area contributed by atoms with E-state index in [1.165, 1.54) is 11.1 Å². The SMILES string of the molecule is C=Cc1ccc(C2=C(c3ccc(N)c(C(C)=N)c3)CCC=N2)cc1C. The van der Waals surface area contributed by atoms with Gasteiger partial charge in [-0.15, -0.1) is 0 Å². The number of nitrogen functional groups attached to an aromatic ring is 1. The molecule has 25 heavy (non-hydrogen) atoms. The topological polar surface area (TPSA) is 62.2 Å². The number of nitrogens with one attached hydrogen (secondary N) is 1. The number of rotatable bonds is 4. The lowest BCUT2D eigenvalue weighted by atomic mass is 9.91. The van der Waals surface area contributed by atoms with Crippen molar-refractivity contribution >= 4 is 35.0 Å². The fourth-order valence-electron chi connectivity index (χ4n) is 3.21. The Morgan fingerprint density at radius 3 is 2.64 bits per heavy atom. The van der Waals surface area contributed by atoms with Crippen molar-refractivity contribution in [3.05, 3.63) is 70.8 Å². The molecule has 0 spiro atoms. The van der Waals surface area contributed by atoms with E-state index in [-0.39, 0.29) is 0 Å². The third-order valence-corrected chi connectivity index (χ3v) is 4.60. The third-order valence-electron chi connectivity index (χ3n) is 4.60. The molecule has 0 radical (unpaired) electrons. The molecule has 2 aromatic rings. The highest BCUT2D eigenvalue weighted by atomic mass is 14.7. The lowest BCUT2D eigenvalue weighted by Gasteiger charge is -2.18. The fourth-order valence-corrected chi connectivity index (χ4v) is 3.21. The van der Waals surface area contributed by atoms with Crippen LogP contribution in [-0.4, -0.2) is 11.9 Å². The van der Waals surface area contributed by atoms with Crippen LogP contribution in [0.2, 0.25) is 0 Å². The Labute approximate surface area is 149 Å². The Morgan fingerprint density at radius 1 is 1.20 bits per heavy atom. The van der Waals surface area contributed by atoms with Crippen molar-refractivity contribution in [2.24, 2.45) is 4.99 Å². The summed E-state index contributed by atoms with van der Waals surface area (Å²) < 4.78 is 0. The Morgan fingerprint density at radius 2 is 1.96 bits per heavy atom. The van der Waals surface area contributed by atoms with Gasteiger partial charge in [0.1, 0.15) is 0 Å². The highest BCUT2D eigenvalue weighted by molar-refractivity contribution is 6.03. The summed E-state index contributed by atoms with van der Waals surface area (Å²) in [5.41, 5.74) is 14.7. The van der Waals surface area contributed by atoms with Gasteiger partial charge in [-0.25, -0.2) is 0 Å². The molecule has 0 aromatic heterocycles. The first-order valence-electron chi connectivity index (χ1n) is 8.46. The minimum atomic E-state index is 0.479. The van der Waals surface area contributed by atoms with Crippen molar-refractivity contribution in [1.29, 1.82) is 5.41 Å². The molecule has 0 fully saturated rings. The average molecular weight is 329 g/mol. The van der Waals surface area contributed by atoms with E-state index < -0.39 is 0 Å². The maximum atomic E-state index is 7.94. The number of aryl methyl sites for hydroxylation is 1. The van der Waals surface area contributed by atoms with Crippen molar-refractivity contribution < 1.29 is 0 Å². The van der Waals surface area contributed by atoms with E-state index in [2.05, 4.69) is 31.7 Å². The summed E-state index contributed by atoms with van der Waals surface area (Å²) in [7, 11) is 0. The molecule has 3 heteroatoms. The van der Waals surface area contributed by atoms with E-state index in [1.807, 2.05) is 30.5 Å². The number of hydrogen-bond acceptors (Lipinski definition) is 3. The standard InChI is InChI=1S/C22H23N3/c1-4-16-7-8-18(12-14(16)2)22-19(6-5-11-25-22)17-9-10-21(24)20(13-17)15(3)23/h4,7-13,23H,1,5-6,24H2,2-3H3. The zero-order valence-electron chi connectivity index (χ0n) is 14.8. The largest absolute Gasteiger partial charge is 0.398 e. The second-order valence-electron chi connectivity index (χ2n) is 6.38. The first-order valence-corrected chi connectivity index (χ1v) is 8.46. The molecule has 0 bridgehead atoms. The molecule has 0 atom stereocenters. The van der Waals surface area contributed by atoms with Gasteiger partial charge >= 0.3 is 0 Å². The summed E-state index contributed by atoms with van der Waals surface area (Å²) in [6.07, 6.45) is 5.71. The first kappa shape index (κ1) is 16.9. The van der Waals surface area contributed by atoms with Crippen LogP contribution in [0.25, 0.3) is 17.3 Å². The molecule has 3 N–H and O–H groups in total. The zero-order valence-corrected chi connectivity index (χ0v) is 14.8. The average Bonchev–Trinajstić information content (AvgIpc) is 2.62. The summed E-state index contributed by atoms with van der Waals surface area (Å²) in [6, 6.07) is 12.3. The van der Waals surface area contributed by atoms with Crippen LogP contribution in [-0.2, 0) is 0 Å². The van der Waals surface area contributed by atoms with Crippen molar-refractivity contribution in [2.45, 2.75) is 26.7 Å². The highest BCUT2D eigenvalue weighted by Crippen LogP contribution is 2.35. The minimum absolute atomic E-state index is 0.479. The molecule has 1 aliphatic rings. The van der Waals surface area contributed by atoms with Gasteiger partial charge < -0.3 is 11.1 Å². The van der Waals surface area contributed by atoms with Gasteiger partial charge in [-0.1, -0.05) is 30.9 Å².